The molecule has 0 spiro atoms. The first-order chi connectivity index (χ1) is 10.6. The van der Waals surface area contributed by atoms with Crippen molar-refractivity contribution in [2.45, 2.75) is 38.3 Å². The summed E-state index contributed by atoms with van der Waals surface area (Å²) in [6.45, 7) is 1.09. The number of nitrogens with one attached hydrogen (secondary N) is 2. The number of urea groups is 1. The average molecular weight is 305 g/mol. The third-order valence-electron chi connectivity index (χ3n) is 4.02. The highest BCUT2D eigenvalue weighted by atomic mass is 16.2. The number of nitrogens with zero attached hydrogens (tertiary/aromatic N) is 3. The van der Waals surface area contributed by atoms with E-state index in [4.69, 9.17) is 0 Å². The monoisotopic (exact) mass is 305 g/mol. The van der Waals surface area contributed by atoms with Gasteiger partial charge in [-0.15, -0.1) is 0 Å². The molecule has 2 aliphatic heterocycles. The van der Waals surface area contributed by atoms with Crippen LogP contribution >= 0.6 is 0 Å². The summed E-state index contributed by atoms with van der Waals surface area (Å²) in [4.78, 5) is 40.1. The molecule has 2 aliphatic rings. The quantitative estimate of drug-likeness (QED) is 0.727. The molecule has 0 radical (unpaired) electrons. The Bertz CT molecular complexity index is 581. The standard InChI is InChI=1S/C14H19N5O3/c20-12(2-1-6-19-13(21)8-16-14(19)22)17-10-3-4-11-15-5-7-18(11)9-10/h5,7,10H,1-4,6,8-9H2,(H,16,22)(H,17,20)/t10-/m1/s1. The fourth-order valence-corrected chi connectivity index (χ4v) is 2.86. The van der Waals surface area contributed by atoms with Gasteiger partial charge in [-0.1, -0.05) is 0 Å². The average Bonchev–Trinajstić information content (AvgIpc) is 3.07. The Morgan fingerprint density at radius 3 is 3.09 bits per heavy atom. The van der Waals surface area contributed by atoms with Crippen LogP contribution in [-0.2, 0) is 22.6 Å². The molecule has 1 aromatic rings. The molecule has 118 valence electrons. The summed E-state index contributed by atoms with van der Waals surface area (Å²) in [5.41, 5.74) is 0. The maximum absolute atomic E-state index is 12.0. The van der Waals surface area contributed by atoms with Crippen molar-refractivity contribution in [1.82, 2.24) is 25.1 Å². The number of amides is 4. The Hall–Kier alpha value is -2.38. The van der Waals surface area contributed by atoms with E-state index in [1.165, 1.54) is 0 Å². The first-order valence-corrected chi connectivity index (χ1v) is 7.51. The first kappa shape index (κ1) is 14.6. The molecule has 1 fully saturated rings. The topological polar surface area (TPSA) is 96.3 Å². The van der Waals surface area contributed by atoms with Crippen molar-refractivity contribution >= 4 is 17.8 Å². The molecule has 0 saturated carbocycles. The number of imide groups is 1. The predicted molar refractivity (Wildman–Crippen MR) is 76.8 cm³/mol. The second kappa shape index (κ2) is 6.17. The summed E-state index contributed by atoms with van der Waals surface area (Å²) in [7, 11) is 0. The summed E-state index contributed by atoms with van der Waals surface area (Å²) in [5.74, 6) is 0.787. The molecular formula is C14H19N5O3. The first-order valence-electron chi connectivity index (χ1n) is 7.51. The van der Waals surface area contributed by atoms with Gasteiger partial charge in [0.15, 0.2) is 0 Å². The smallest absolute Gasteiger partial charge is 0.324 e. The van der Waals surface area contributed by atoms with Crippen LogP contribution in [0.4, 0.5) is 4.79 Å². The molecule has 0 aromatic carbocycles. The summed E-state index contributed by atoms with van der Waals surface area (Å²) in [6.07, 6.45) is 6.23. The third-order valence-corrected chi connectivity index (χ3v) is 4.02. The second-order valence-corrected chi connectivity index (χ2v) is 5.61. The number of hydrogen-bond acceptors (Lipinski definition) is 4. The highest BCUT2D eigenvalue weighted by Gasteiger charge is 2.28. The lowest BCUT2D eigenvalue weighted by atomic mass is 10.1. The minimum absolute atomic E-state index is 0.0411. The number of fused-ring (bicyclic) bond motifs is 1. The van der Waals surface area contributed by atoms with E-state index in [1.54, 1.807) is 6.20 Å². The Balaban J connectivity index is 1.40. The number of carbonyl (C=O) groups is 3. The number of imidazole rings is 1. The number of hydrogen-bond donors (Lipinski definition) is 2. The van der Waals surface area contributed by atoms with Crippen molar-refractivity contribution in [1.29, 1.82) is 0 Å². The molecule has 3 heterocycles. The van der Waals surface area contributed by atoms with Crippen LogP contribution in [0.25, 0.3) is 0 Å². The zero-order valence-electron chi connectivity index (χ0n) is 12.2. The molecule has 0 bridgehead atoms. The zero-order chi connectivity index (χ0) is 15.5. The van der Waals surface area contributed by atoms with Gasteiger partial charge in [0.25, 0.3) is 0 Å². The van der Waals surface area contributed by atoms with Crippen LogP contribution in [0.3, 0.4) is 0 Å². The van der Waals surface area contributed by atoms with Crippen molar-refractivity contribution < 1.29 is 14.4 Å². The van der Waals surface area contributed by atoms with Gasteiger partial charge in [-0.25, -0.2) is 9.78 Å². The Morgan fingerprint density at radius 2 is 2.32 bits per heavy atom. The Labute approximate surface area is 127 Å². The lowest BCUT2D eigenvalue weighted by Crippen LogP contribution is -2.41. The van der Waals surface area contributed by atoms with Crippen LogP contribution < -0.4 is 10.6 Å². The normalized spacial score (nSPS) is 20.7. The van der Waals surface area contributed by atoms with Crippen molar-refractivity contribution in [3.05, 3.63) is 18.2 Å². The van der Waals surface area contributed by atoms with Gasteiger partial charge < -0.3 is 15.2 Å². The van der Waals surface area contributed by atoms with E-state index in [-0.39, 0.29) is 37.0 Å². The SMILES string of the molecule is O=C(CCCN1C(=O)CNC1=O)N[C@@H]1CCc2nccn2C1. The van der Waals surface area contributed by atoms with Gasteiger partial charge in [0.05, 0.1) is 6.54 Å². The van der Waals surface area contributed by atoms with Gasteiger partial charge in [0.2, 0.25) is 11.8 Å². The molecule has 22 heavy (non-hydrogen) atoms. The molecule has 0 aliphatic carbocycles. The van der Waals surface area contributed by atoms with Gasteiger partial charge in [0.1, 0.15) is 5.82 Å². The predicted octanol–water partition coefficient (Wildman–Crippen LogP) is -0.354. The highest BCUT2D eigenvalue weighted by Crippen LogP contribution is 2.13. The number of aryl methyl sites for hydroxylation is 1. The van der Waals surface area contributed by atoms with Crippen molar-refractivity contribution in [2.24, 2.45) is 0 Å². The van der Waals surface area contributed by atoms with Crippen molar-refractivity contribution in [3.63, 3.8) is 0 Å². The fraction of sp³-hybridized carbons (Fsp3) is 0.571. The van der Waals surface area contributed by atoms with Crippen molar-refractivity contribution in [2.75, 3.05) is 13.1 Å². The largest absolute Gasteiger partial charge is 0.352 e. The summed E-state index contributed by atoms with van der Waals surface area (Å²) in [6, 6.07) is -0.253. The van der Waals surface area contributed by atoms with Gasteiger partial charge in [-0.3, -0.25) is 14.5 Å². The molecule has 1 saturated heterocycles. The minimum Gasteiger partial charge on any atom is -0.352 e. The number of aromatic nitrogens is 2. The lowest BCUT2D eigenvalue weighted by molar-refractivity contribution is -0.126. The van der Waals surface area contributed by atoms with Gasteiger partial charge in [0, 0.05) is 44.4 Å². The van der Waals surface area contributed by atoms with Crippen LogP contribution in [0.2, 0.25) is 0 Å². The molecule has 2 N–H and O–H groups in total. The minimum atomic E-state index is -0.370. The van der Waals surface area contributed by atoms with Crippen molar-refractivity contribution in [3.8, 4) is 0 Å². The maximum atomic E-state index is 12.0. The zero-order valence-corrected chi connectivity index (χ0v) is 12.2. The molecule has 0 unspecified atom stereocenters. The van der Waals surface area contributed by atoms with E-state index in [0.717, 1.165) is 30.1 Å². The van der Waals surface area contributed by atoms with E-state index in [2.05, 4.69) is 20.2 Å². The molecule has 1 atom stereocenters. The summed E-state index contributed by atoms with van der Waals surface area (Å²) in [5, 5.41) is 5.46. The van der Waals surface area contributed by atoms with Crippen LogP contribution in [-0.4, -0.2) is 51.4 Å². The number of carbonyl (C=O) groups excluding carboxylic acids is 3. The van der Waals surface area contributed by atoms with E-state index >= 15 is 0 Å². The van der Waals surface area contributed by atoms with Gasteiger partial charge in [-0.05, 0) is 12.8 Å². The lowest BCUT2D eigenvalue weighted by Gasteiger charge is -2.24. The summed E-state index contributed by atoms with van der Waals surface area (Å²) < 4.78 is 2.06. The molecule has 8 nitrogen and oxygen atoms in total. The van der Waals surface area contributed by atoms with Gasteiger partial charge >= 0.3 is 6.03 Å². The van der Waals surface area contributed by atoms with Crippen LogP contribution in [0.1, 0.15) is 25.1 Å². The third kappa shape index (κ3) is 3.10. The van der Waals surface area contributed by atoms with E-state index in [0.29, 0.717) is 12.8 Å². The molecule has 3 rings (SSSR count). The van der Waals surface area contributed by atoms with E-state index in [9.17, 15) is 14.4 Å². The van der Waals surface area contributed by atoms with Crippen LogP contribution in [0, 0.1) is 0 Å². The Kier molecular flexibility index (Phi) is 4.08. The molecular weight excluding hydrogens is 286 g/mol. The van der Waals surface area contributed by atoms with E-state index in [1.807, 2.05) is 6.20 Å². The maximum Gasteiger partial charge on any atom is 0.324 e. The highest BCUT2D eigenvalue weighted by molar-refractivity contribution is 6.01. The molecule has 8 heteroatoms. The fourth-order valence-electron chi connectivity index (χ4n) is 2.86. The number of rotatable bonds is 5. The summed E-state index contributed by atoms with van der Waals surface area (Å²) >= 11 is 0. The second-order valence-electron chi connectivity index (χ2n) is 5.61. The van der Waals surface area contributed by atoms with Crippen LogP contribution in [0.5, 0.6) is 0 Å². The Morgan fingerprint density at radius 1 is 1.45 bits per heavy atom. The van der Waals surface area contributed by atoms with Gasteiger partial charge in [-0.2, -0.15) is 0 Å². The van der Waals surface area contributed by atoms with E-state index < -0.39 is 0 Å². The molecule has 4 amide bonds. The van der Waals surface area contributed by atoms with Crippen LogP contribution in [0.15, 0.2) is 12.4 Å². The molecule has 1 aromatic heterocycles.